The van der Waals surface area contributed by atoms with Gasteiger partial charge in [0.15, 0.2) is 0 Å². The van der Waals surface area contributed by atoms with Crippen molar-refractivity contribution >= 4 is 10.9 Å². The monoisotopic (exact) mass is 244 g/mol. The Hall–Kier alpha value is -1.48. The average molecular weight is 244 g/mol. The fourth-order valence-electron chi connectivity index (χ4n) is 3.07. The highest BCUT2D eigenvalue weighted by Crippen LogP contribution is 2.38. The van der Waals surface area contributed by atoms with Crippen LogP contribution in [0.25, 0.3) is 10.9 Å². The van der Waals surface area contributed by atoms with Crippen molar-refractivity contribution in [1.29, 1.82) is 0 Å². The smallest absolute Gasteiger partial charge is 0.142 e. The highest BCUT2D eigenvalue weighted by molar-refractivity contribution is 5.92. The minimum absolute atomic E-state index is 0.00402. The Labute approximate surface area is 108 Å². The van der Waals surface area contributed by atoms with E-state index in [0.717, 1.165) is 24.2 Å². The first-order valence-corrected chi connectivity index (χ1v) is 6.48. The molecule has 1 aliphatic rings. The van der Waals surface area contributed by atoms with Crippen molar-refractivity contribution in [3.8, 4) is 5.75 Å². The zero-order valence-electron chi connectivity index (χ0n) is 11.5. The Morgan fingerprint density at radius 1 is 1.28 bits per heavy atom. The van der Waals surface area contributed by atoms with Crippen LogP contribution in [-0.2, 0) is 12.0 Å². The fraction of sp³-hybridized carbons (Fsp3) is 0.467. The molecule has 0 amide bonds. The number of aromatic amines is 1. The number of hydrogen-bond acceptors (Lipinski definition) is 2. The Balaban J connectivity index is 2.39. The summed E-state index contributed by atoms with van der Waals surface area (Å²) >= 11 is 0. The maximum atomic E-state index is 5.48. The molecule has 0 unspecified atom stereocenters. The molecule has 1 aliphatic heterocycles. The molecular formula is C15H20N2O. The molecule has 0 spiro atoms. The molecule has 3 heteroatoms. The first-order valence-electron chi connectivity index (χ1n) is 6.48. The van der Waals surface area contributed by atoms with E-state index in [-0.39, 0.29) is 5.54 Å². The lowest BCUT2D eigenvalue weighted by Gasteiger charge is -2.31. The molecule has 2 aromatic rings. The van der Waals surface area contributed by atoms with E-state index in [1.807, 2.05) is 6.07 Å². The predicted molar refractivity (Wildman–Crippen MR) is 74.3 cm³/mol. The van der Waals surface area contributed by atoms with Gasteiger partial charge in [0.25, 0.3) is 0 Å². The first kappa shape index (κ1) is 11.6. The van der Waals surface area contributed by atoms with E-state index < -0.39 is 0 Å². The predicted octanol–water partition coefficient (Wildman–Crippen LogP) is 2.87. The van der Waals surface area contributed by atoms with Gasteiger partial charge in [0.1, 0.15) is 5.75 Å². The van der Waals surface area contributed by atoms with Gasteiger partial charge in [-0.25, -0.2) is 0 Å². The minimum Gasteiger partial charge on any atom is -0.495 e. The molecule has 0 saturated carbocycles. The third-order valence-corrected chi connectivity index (χ3v) is 4.02. The normalized spacial score (nSPS) is 17.8. The topological polar surface area (TPSA) is 37.0 Å². The molecule has 96 valence electrons. The van der Waals surface area contributed by atoms with Crippen molar-refractivity contribution in [1.82, 2.24) is 10.3 Å². The van der Waals surface area contributed by atoms with E-state index in [1.165, 1.54) is 22.2 Å². The van der Waals surface area contributed by atoms with E-state index in [2.05, 4.69) is 37.1 Å². The maximum absolute atomic E-state index is 5.48. The number of hydrogen-bond donors (Lipinski definition) is 2. The summed E-state index contributed by atoms with van der Waals surface area (Å²) in [6.07, 6.45) is 1.08. The van der Waals surface area contributed by atoms with E-state index >= 15 is 0 Å². The second-order valence-electron chi connectivity index (χ2n) is 5.62. The summed E-state index contributed by atoms with van der Waals surface area (Å²) in [7, 11) is 1.73. The summed E-state index contributed by atoms with van der Waals surface area (Å²) in [6.45, 7) is 7.65. The number of aryl methyl sites for hydroxylation is 1. The van der Waals surface area contributed by atoms with Crippen molar-refractivity contribution < 1.29 is 4.74 Å². The van der Waals surface area contributed by atoms with Crippen molar-refractivity contribution in [2.75, 3.05) is 13.7 Å². The highest BCUT2D eigenvalue weighted by atomic mass is 16.5. The molecule has 0 saturated heterocycles. The quantitative estimate of drug-likeness (QED) is 0.809. The van der Waals surface area contributed by atoms with Crippen LogP contribution in [0.15, 0.2) is 12.1 Å². The second kappa shape index (κ2) is 3.75. The maximum Gasteiger partial charge on any atom is 0.142 e. The summed E-state index contributed by atoms with van der Waals surface area (Å²) in [6, 6.07) is 4.18. The lowest BCUT2D eigenvalue weighted by Crippen LogP contribution is -2.42. The van der Waals surface area contributed by atoms with Gasteiger partial charge in [-0.1, -0.05) is 6.07 Å². The van der Waals surface area contributed by atoms with Crippen LogP contribution in [0.4, 0.5) is 0 Å². The minimum atomic E-state index is 0.00402. The van der Waals surface area contributed by atoms with Crippen LogP contribution < -0.4 is 10.1 Å². The molecule has 0 radical (unpaired) electrons. The molecule has 1 aromatic carbocycles. The van der Waals surface area contributed by atoms with Crippen LogP contribution in [-0.4, -0.2) is 18.6 Å². The van der Waals surface area contributed by atoms with Crippen LogP contribution in [0.3, 0.4) is 0 Å². The summed E-state index contributed by atoms with van der Waals surface area (Å²) in [4.78, 5) is 3.58. The Bertz CT molecular complexity index is 610. The highest BCUT2D eigenvalue weighted by Gasteiger charge is 2.31. The molecular weight excluding hydrogens is 224 g/mol. The lowest BCUT2D eigenvalue weighted by atomic mass is 9.89. The number of H-pyrrole nitrogens is 1. The molecule has 3 rings (SSSR count). The third kappa shape index (κ3) is 1.47. The molecule has 0 bridgehead atoms. The Kier molecular flexibility index (Phi) is 2.42. The molecule has 1 aromatic heterocycles. The van der Waals surface area contributed by atoms with E-state index in [1.54, 1.807) is 7.11 Å². The summed E-state index contributed by atoms with van der Waals surface area (Å²) in [5.41, 5.74) is 5.21. The van der Waals surface area contributed by atoms with Gasteiger partial charge in [-0.05, 0) is 44.4 Å². The molecule has 0 fully saturated rings. The molecule has 2 N–H and O–H groups in total. The number of fused-ring (bicyclic) bond motifs is 3. The zero-order chi connectivity index (χ0) is 12.9. The van der Waals surface area contributed by atoms with Gasteiger partial charge >= 0.3 is 0 Å². The van der Waals surface area contributed by atoms with Crippen molar-refractivity contribution in [2.24, 2.45) is 0 Å². The average Bonchev–Trinajstić information content (AvgIpc) is 2.71. The summed E-state index contributed by atoms with van der Waals surface area (Å²) in [5, 5.41) is 4.91. The van der Waals surface area contributed by atoms with Gasteiger partial charge in [-0.3, -0.25) is 0 Å². The fourth-order valence-corrected chi connectivity index (χ4v) is 3.07. The summed E-state index contributed by atoms with van der Waals surface area (Å²) in [5.74, 6) is 0.931. The van der Waals surface area contributed by atoms with Gasteiger partial charge in [0, 0.05) is 17.6 Å². The molecule has 2 heterocycles. The van der Waals surface area contributed by atoms with E-state index in [0.29, 0.717) is 0 Å². The molecule has 0 aliphatic carbocycles. The zero-order valence-corrected chi connectivity index (χ0v) is 11.5. The van der Waals surface area contributed by atoms with Gasteiger partial charge in [0.05, 0.1) is 18.2 Å². The van der Waals surface area contributed by atoms with Crippen LogP contribution in [0.2, 0.25) is 0 Å². The Morgan fingerprint density at radius 3 is 2.78 bits per heavy atom. The van der Waals surface area contributed by atoms with Gasteiger partial charge in [-0.2, -0.15) is 0 Å². The van der Waals surface area contributed by atoms with Crippen LogP contribution in [0, 0.1) is 6.92 Å². The van der Waals surface area contributed by atoms with Gasteiger partial charge in [0.2, 0.25) is 0 Å². The number of ether oxygens (including phenoxy) is 1. The lowest BCUT2D eigenvalue weighted by molar-refractivity contribution is 0.374. The number of benzene rings is 1. The summed E-state index contributed by atoms with van der Waals surface area (Å²) < 4.78 is 5.48. The molecule has 0 atom stereocenters. The van der Waals surface area contributed by atoms with Crippen molar-refractivity contribution in [2.45, 2.75) is 32.7 Å². The van der Waals surface area contributed by atoms with Gasteiger partial charge in [-0.15, -0.1) is 0 Å². The first-order chi connectivity index (χ1) is 8.54. The molecule has 3 nitrogen and oxygen atoms in total. The number of aromatic nitrogens is 1. The van der Waals surface area contributed by atoms with Crippen LogP contribution >= 0.6 is 0 Å². The van der Waals surface area contributed by atoms with E-state index in [4.69, 9.17) is 4.74 Å². The molecule has 18 heavy (non-hydrogen) atoms. The van der Waals surface area contributed by atoms with Gasteiger partial charge < -0.3 is 15.0 Å². The SMILES string of the molecule is COc1ccc(C)c2c3c([nH]c12)C(C)(C)NCC3. The standard InChI is InChI=1S/C15H20N2O/c1-9-5-6-11(18-4)13-12(9)10-7-8-16-15(2,3)14(10)17-13/h5-6,16-17H,7-8H2,1-4H3. The number of nitrogens with one attached hydrogen (secondary N) is 2. The van der Waals surface area contributed by atoms with Crippen LogP contribution in [0.1, 0.15) is 30.7 Å². The van der Waals surface area contributed by atoms with Crippen molar-refractivity contribution in [3.05, 3.63) is 29.0 Å². The third-order valence-electron chi connectivity index (χ3n) is 4.02. The second-order valence-corrected chi connectivity index (χ2v) is 5.62. The Morgan fingerprint density at radius 2 is 2.06 bits per heavy atom. The van der Waals surface area contributed by atoms with E-state index in [9.17, 15) is 0 Å². The number of methoxy groups -OCH3 is 1. The van der Waals surface area contributed by atoms with Crippen LogP contribution in [0.5, 0.6) is 5.75 Å². The number of rotatable bonds is 1. The largest absolute Gasteiger partial charge is 0.495 e. The van der Waals surface area contributed by atoms with Crippen molar-refractivity contribution in [3.63, 3.8) is 0 Å².